The molecule has 140 valence electrons. The van der Waals surface area contributed by atoms with E-state index in [2.05, 4.69) is 5.32 Å². The summed E-state index contributed by atoms with van der Waals surface area (Å²) in [6, 6.07) is 0. The molecule has 2 heterocycles. The van der Waals surface area contributed by atoms with Crippen molar-refractivity contribution in [2.75, 3.05) is 26.4 Å². The van der Waals surface area contributed by atoms with Gasteiger partial charge in [0.25, 0.3) is 5.91 Å². The highest BCUT2D eigenvalue weighted by molar-refractivity contribution is 5.96. The van der Waals surface area contributed by atoms with Gasteiger partial charge in [-0.3, -0.25) is 9.48 Å². The summed E-state index contributed by atoms with van der Waals surface area (Å²) >= 11 is 0. The Hall–Kier alpha value is -1.40. The van der Waals surface area contributed by atoms with E-state index >= 15 is 0 Å². The molecule has 0 atom stereocenters. The molecule has 1 aliphatic heterocycles. The van der Waals surface area contributed by atoms with Gasteiger partial charge in [-0.15, -0.1) is 0 Å². The Labute approximate surface area is 149 Å². The normalized spacial score (nSPS) is 21.4. The largest absolute Gasteiger partial charge is 0.396 e. The molecule has 2 aliphatic rings. The average Bonchev–Trinajstić information content (AvgIpc) is 3.30. The van der Waals surface area contributed by atoms with E-state index in [0.717, 1.165) is 88.1 Å². The molecule has 3 rings (SSSR count). The third kappa shape index (κ3) is 4.42. The maximum absolute atomic E-state index is 12.8. The van der Waals surface area contributed by atoms with Gasteiger partial charge < -0.3 is 15.2 Å². The number of fused-ring (bicyclic) bond motifs is 1. The summed E-state index contributed by atoms with van der Waals surface area (Å²) in [5, 5.41) is 17.5. The number of hydrogen-bond donors (Lipinski definition) is 2. The van der Waals surface area contributed by atoms with Gasteiger partial charge in [0.15, 0.2) is 0 Å². The second kappa shape index (κ2) is 8.32. The number of ether oxygens (including phenoxy) is 1. The summed E-state index contributed by atoms with van der Waals surface area (Å²) in [6.45, 7) is 5.20. The van der Waals surface area contributed by atoms with Crippen molar-refractivity contribution in [1.29, 1.82) is 0 Å². The molecule has 0 bridgehead atoms. The predicted octanol–water partition coefficient (Wildman–Crippen LogP) is 2.08. The molecular weight excluding hydrogens is 318 g/mol. The molecule has 0 unspecified atom stereocenters. The lowest BCUT2D eigenvalue weighted by Crippen LogP contribution is -2.27. The molecule has 25 heavy (non-hydrogen) atoms. The standard InChI is InChI=1S/C19H31N3O3/c1-2-15-17-16(22(21-15)13-19(14-23)8-9-19)7-3-5-11-25-12-6-4-10-20-18(17)24/h23H,2-14H2,1H3,(H,20,24). The van der Waals surface area contributed by atoms with Crippen molar-refractivity contribution in [3.05, 3.63) is 17.0 Å². The van der Waals surface area contributed by atoms with Crippen LogP contribution in [-0.2, 0) is 24.1 Å². The molecule has 1 aromatic heterocycles. The molecule has 0 spiro atoms. The Morgan fingerprint density at radius 2 is 2.00 bits per heavy atom. The number of carbonyl (C=O) groups is 1. The summed E-state index contributed by atoms with van der Waals surface area (Å²) in [5.74, 6) is 0.00658. The van der Waals surface area contributed by atoms with Gasteiger partial charge in [-0.25, -0.2) is 0 Å². The van der Waals surface area contributed by atoms with Crippen LogP contribution < -0.4 is 5.32 Å². The topological polar surface area (TPSA) is 76.4 Å². The molecule has 0 radical (unpaired) electrons. The number of aromatic nitrogens is 2. The second-order valence-electron chi connectivity index (χ2n) is 7.47. The van der Waals surface area contributed by atoms with Crippen LogP contribution in [0.1, 0.15) is 67.2 Å². The molecule has 0 saturated heterocycles. The number of amides is 1. The number of rotatable bonds is 4. The van der Waals surface area contributed by atoms with Crippen molar-refractivity contribution >= 4 is 5.91 Å². The first-order valence-corrected chi connectivity index (χ1v) is 9.74. The zero-order valence-electron chi connectivity index (χ0n) is 15.4. The molecule has 1 saturated carbocycles. The molecule has 1 amide bonds. The Morgan fingerprint density at radius 1 is 1.24 bits per heavy atom. The number of hydrogen-bond acceptors (Lipinski definition) is 4. The van der Waals surface area contributed by atoms with E-state index in [4.69, 9.17) is 9.84 Å². The first-order chi connectivity index (χ1) is 12.2. The van der Waals surface area contributed by atoms with E-state index in [-0.39, 0.29) is 17.9 Å². The highest BCUT2D eigenvalue weighted by Crippen LogP contribution is 2.46. The first-order valence-electron chi connectivity index (χ1n) is 9.74. The van der Waals surface area contributed by atoms with Gasteiger partial charge >= 0.3 is 0 Å². The van der Waals surface area contributed by atoms with E-state index in [1.807, 2.05) is 11.6 Å². The Bertz CT molecular complexity index is 593. The van der Waals surface area contributed by atoms with Crippen molar-refractivity contribution in [2.45, 2.75) is 64.8 Å². The molecule has 1 aromatic rings. The highest BCUT2D eigenvalue weighted by atomic mass is 16.5. The van der Waals surface area contributed by atoms with E-state index < -0.39 is 0 Å². The van der Waals surface area contributed by atoms with Crippen LogP contribution in [0, 0.1) is 5.41 Å². The van der Waals surface area contributed by atoms with Crippen LogP contribution >= 0.6 is 0 Å². The summed E-state index contributed by atoms with van der Waals surface area (Å²) in [5.41, 5.74) is 2.67. The quantitative estimate of drug-likeness (QED) is 0.873. The van der Waals surface area contributed by atoms with E-state index in [1.54, 1.807) is 0 Å². The smallest absolute Gasteiger partial charge is 0.255 e. The number of nitrogens with zero attached hydrogens (tertiary/aromatic N) is 2. The van der Waals surface area contributed by atoms with Gasteiger partial charge in [-0.05, 0) is 51.4 Å². The summed E-state index contributed by atoms with van der Waals surface area (Å²) in [7, 11) is 0. The van der Waals surface area contributed by atoms with Gasteiger partial charge in [0.05, 0.1) is 23.6 Å². The number of aryl methyl sites for hydroxylation is 1. The zero-order chi connectivity index (χ0) is 17.7. The summed E-state index contributed by atoms with van der Waals surface area (Å²) in [4.78, 5) is 12.8. The number of carbonyl (C=O) groups excluding carboxylic acids is 1. The lowest BCUT2D eigenvalue weighted by atomic mass is 10.0. The molecule has 1 fully saturated rings. The average molecular weight is 349 g/mol. The van der Waals surface area contributed by atoms with Gasteiger partial charge in [0.1, 0.15) is 0 Å². The third-order valence-electron chi connectivity index (χ3n) is 5.42. The number of aliphatic hydroxyl groups is 1. The highest BCUT2D eigenvalue weighted by Gasteiger charge is 2.43. The van der Waals surface area contributed by atoms with Gasteiger partial charge in [0.2, 0.25) is 0 Å². The minimum atomic E-state index is -0.0223. The molecule has 1 aliphatic carbocycles. The maximum Gasteiger partial charge on any atom is 0.255 e. The van der Waals surface area contributed by atoms with Crippen LogP contribution in [0.5, 0.6) is 0 Å². The lowest BCUT2D eigenvalue weighted by molar-refractivity contribution is 0.0947. The van der Waals surface area contributed by atoms with Crippen LogP contribution in [0.4, 0.5) is 0 Å². The van der Waals surface area contributed by atoms with Crippen molar-refractivity contribution in [3.8, 4) is 0 Å². The SMILES string of the molecule is CCc1nn(CC2(CO)CC2)c2c1C(=O)NCCCCOCCCC2. The summed E-state index contributed by atoms with van der Waals surface area (Å²) < 4.78 is 7.67. The summed E-state index contributed by atoms with van der Waals surface area (Å²) in [6.07, 6.45) is 7.56. The zero-order valence-corrected chi connectivity index (χ0v) is 15.4. The Balaban J connectivity index is 1.87. The fraction of sp³-hybridized carbons (Fsp3) is 0.789. The van der Waals surface area contributed by atoms with Crippen LogP contribution in [0.25, 0.3) is 0 Å². The monoisotopic (exact) mass is 349 g/mol. The van der Waals surface area contributed by atoms with E-state index in [9.17, 15) is 9.90 Å². The molecule has 6 heteroatoms. The van der Waals surface area contributed by atoms with E-state index in [0.29, 0.717) is 6.54 Å². The van der Waals surface area contributed by atoms with Gasteiger partial charge in [-0.1, -0.05) is 6.92 Å². The van der Waals surface area contributed by atoms with Crippen LogP contribution in [0.2, 0.25) is 0 Å². The lowest BCUT2D eigenvalue weighted by Gasteiger charge is -2.15. The second-order valence-corrected chi connectivity index (χ2v) is 7.47. The fourth-order valence-corrected chi connectivity index (χ4v) is 3.52. The minimum Gasteiger partial charge on any atom is -0.396 e. The first kappa shape index (κ1) is 18.4. The molecule has 0 aromatic carbocycles. The number of nitrogens with one attached hydrogen (secondary N) is 1. The minimum absolute atomic E-state index is 0.00658. The van der Waals surface area contributed by atoms with E-state index in [1.165, 1.54) is 0 Å². The fourth-order valence-electron chi connectivity index (χ4n) is 3.52. The Kier molecular flexibility index (Phi) is 6.12. The Morgan fingerprint density at radius 3 is 2.68 bits per heavy atom. The van der Waals surface area contributed by atoms with Crippen molar-refractivity contribution < 1.29 is 14.6 Å². The van der Waals surface area contributed by atoms with Crippen molar-refractivity contribution in [1.82, 2.24) is 15.1 Å². The van der Waals surface area contributed by atoms with Crippen LogP contribution in [0.15, 0.2) is 0 Å². The van der Waals surface area contributed by atoms with Gasteiger partial charge in [0, 0.05) is 31.7 Å². The van der Waals surface area contributed by atoms with Crippen molar-refractivity contribution in [2.24, 2.45) is 5.41 Å². The predicted molar refractivity (Wildman–Crippen MR) is 95.7 cm³/mol. The van der Waals surface area contributed by atoms with Gasteiger partial charge in [-0.2, -0.15) is 5.10 Å². The molecular formula is C19H31N3O3. The van der Waals surface area contributed by atoms with Crippen molar-refractivity contribution in [3.63, 3.8) is 0 Å². The maximum atomic E-state index is 12.8. The molecule has 6 nitrogen and oxygen atoms in total. The third-order valence-corrected chi connectivity index (χ3v) is 5.42. The van der Waals surface area contributed by atoms with Crippen LogP contribution in [-0.4, -0.2) is 47.2 Å². The molecule has 2 N–H and O–H groups in total. The van der Waals surface area contributed by atoms with Crippen LogP contribution in [0.3, 0.4) is 0 Å². The number of aliphatic hydroxyl groups excluding tert-OH is 1.